The Morgan fingerprint density at radius 1 is 1.04 bits per heavy atom. The van der Waals surface area contributed by atoms with Crippen LogP contribution in [-0.4, -0.2) is 28.8 Å². The Bertz CT molecular complexity index is 762. The first-order chi connectivity index (χ1) is 12.1. The quantitative estimate of drug-likeness (QED) is 0.930. The third-order valence-corrected chi connectivity index (χ3v) is 3.96. The van der Waals surface area contributed by atoms with E-state index < -0.39 is 23.9 Å². The molecule has 1 atom stereocenters. The van der Waals surface area contributed by atoms with Crippen LogP contribution in [0.4, 0.5) is 10.5 Å². The van der Waals surface area contributed by atoms with Gasteiger partial charge in [-0.1, -0.05) is 48.5 Å². The normalized spacial score (nSPS) is 16.6. The highest BCUT2D eigenvalue weighted by molar-refractivity contribution is 6.04. The SMILES string of the molecule is O=C(Nc1ccccc1)C1CCC(=O)N1C(=O)OCc1ccccc1. The molecule has 1 N–H and O–H groups in total. The highest BCUT2D eigenvalue weighted by Crippen LogP contribution is 2.22. The zero-order chi connectivity index (χ0) is 17.6. The van der Waals surface area contributed by atoms with Gasteiger partial charge < -0.3 is 10.1 Å². The van der Waals surface area contributed by atoms with Gasteiger partial charge in [-0.3, -0.25) is 9.59 Å². The maximum absolute atomic E-state index is 12.4. The van der Waals surface area contributed by atoms with Gasteiger partial charge in [0.1, 0.15) is 12.6 Å². The van der Waals surface area contributed by atoms with Gasteiger partial charge in [0.25, 0.3) is 0 Å². The Hall–Kier alpha value is -3.15. The van der Waals surface area contributed by atoms with Crippen LogP contribution in [0.15, 0.2) is 60.7 Å². The van der Waals surface area contributed by atoms with Crippen LogP contribution >= 0.6 is 0 Å². The van der Waals surface area contributed by atoms with Crippen LogP contribution in [0.2, 0.25) is 0 Å². The van der Waals surface area contributed by atoms with Crippen LogP contribution in [0, 0.1) is 0 Å². The number of carbonyl (C=O) groups is 3. The summed E-state index contributed by atoms with van der Waals surface area (Å²) in [6.45, 7) is 0.0521. The van der Waals surface area contributed by atoms with E-state index in [9.17, 15) is 14.4 Å². The molecule has 0 saturated carbocycles. The number of anilines is 1. The van der Waals surface area contributed by atoms with E-state index in [1.807, 2.05) is 36.4 Å². The van der Waals surface area contributed by atoms with Gasteiger partial charge >= 0.3 is 6.09 Å². The summed E-state index contributed by atoms with van der Waals surface area (Å²) in [4.78, 5) is 37.7. The summed E-state index contributed by atoms with van der Waals surface area (Å²) in [7, 11) is 0. The smallest absolute Gasteiger partial charge is 0.417 e. The highest BCUT2D eigenvalue weighted by atomic mass is 16.6. The number of hydrogen-bond donors (Lipinski definition) is 1. The zero-order valence-corrected chi connectivity index (χ0v) is 13.6. The van der Waals surface area contributed by atoms with E-state index in [1.54, 1.807) is 24.3 Å². The van der Waals surface area contributed by atoms with Crippen LogP contribution in [0.3, 0.4) is 0 Å². The van der Waals surface area contributed by atoms with E-state index in [1.165, 1.54) is 0 Å². The van der Waals surface area contributed by atoms with Gasteiger partial charge in [-0.15, -0.1) is 0 Å². The Morgan fingerprint density at radius 2 is 1.68 bits per heavy atom. The highest BCUT2D eigenvalue weighted by Gasteiger charge is 2.41. The Kier molecular flexibility index (Phi) is 5.09. The minimum Gasteiger partial charge on any atom is -0.444 e. The summed E-state index contributed by atoms with van der Waals surface area (Å²) < 4.78 is 5.20. The fourth-order valence-electron chi connectivity index (χ4n) is 2.70. The van der Waals surface area contributed by atoms with Gasteiger partial charge in [-0.2, -0.15) is 0 Å². The van der Waals surface area contributed by atoms with Crippen molar-refractivity contribution in [2.75, 3.05) is 5.32 Å². The summed E-state index contributed by atoms with van der Waals surface area (Å²) in [6, 6.07) is 17.2. The summed E-state index contributed by atoms with van der Waals surface area (Å²) in [5, 5.41) is 2.72. The second-order valence-electron chi connectivity index (χ2n) is 5.71. The monoisotopic (exact) mass is 338 g/mol. The lowest BCUT2D eigenvalue weighted by Gasteiger charge is -2.21. The molecule has 1 fully saturated rings. The lowest BCUT2D eigenvalue weighted by molar-refractivity contribution is -0.131. The predicted octanol–water partition coefficient (Wildman–Crippen LogP) is 2.95. The van der Waals surface area contributed by atoms with E-state index >= 15 is 0 Å². The number of para-hydroxylation sites is 1. The van der Waals surface area contributed by atoms with Crippen molar-refractivity contribution in [1.29, 1.82) is 0 Å². The van der Waals surface area contributed by atoms with Gasteiger partial charge in [0.05, 0.1) is 0 Å². The first kappa shape index (κ1) is 16.7. The van der Waals surface area contributed by atoms with Crippen LogP contribution in [0.25, 0.3) is 0 Å². The number of likely N-dealkylation sites (tertiary alicyclic amines) is 1. The average molecular weight is 338 g/mol. The van der Waals surface area contributed by atoms with Crippen molar-refractivity contribution in [3.8, 4) is 0 Å². The number of rotatable bonds is 4. The molecule has 6 nitrogen and oxygen atoms in total. The average Bonchev–Trinajstić information content (AvgIpc) is 3.03. The molecule has 0 bridgehead atoms. The first-order valence-corrected chi connectivity index (χ1v) is 8.04. The number of nitrogens with zero attached hydrogens (tertiary/aromatic N) is 1. The van der Waals surface area contributed by atoms with Crippen LogP contribution in [-0.2, 0) is 20.9 Å². The van der Waals surface area contributed by atoms with Crippen molar-refractivity contribution in [2.24, 2.45) is 0 Å². The number of ether oxygens (including phenoxy) is 1. The number of benzene rings is 2. The third kappa shape index (κ3) is 4.03. The van der Waals surface area contributed by atoms with Crippen molar-refractivity contribution < 1.29 is 19.1 Å². The standard InChI is InChI=1S/C19H18N2O4/c22-17-12-11-16(18(23)20-15-9-5-2-6-10-15)21(17)19(24)25-13-14-7-3-1-4-8-14/h1-10,16H,11-13H2,(H,20,23). The topological polar surface area (TPSA) is 75.7 Å². The molecule has 1 aliphatic rings. The molecule has 128 valence electrons. The summed E-state index contributed by atoms with van der Waals surface area (Å²) in [5.41, 5.74) is 1.43. The number of carbonyl (C=O) groups excluding carboxylic acids is 3. The minimum absolute atomic E-state index is 0.0521. The van der Waals surface area contributed by atoms with Gasteiger partial charge in [-0.25, -0.2) is 9.69 Å². The van der Waals surface area contributed by atoms with E-state index in [-0.39, 0.29) is 19.4 Å². The maximum Gasteiger partial charge on any atom is 0.417 e. The Morgan fingerprint density at radius 3 is 2.36 bits per heavy atom. The molecule has 0 aliphatic carbocycles. The number of imide groups is 1. The fraction of sp³-hybridized carbons (Fsp3) is 0.211. The zero-order valence-electron chi connectivity index (χ0n) is 13.6. The molecule has 3 amide bonds. The van der Waals surface area contributed by atoms with Crippen molar-refractivity contribution in [3.05, 3.63) is 66.2 Å². The molecule has 0 aromatic heterocycles. The molecule has 1 saturated heterocycles. The first-order valence-electron chi connectivity index (χ1n) is 8.04. The number of nitrogens with one attached hydrogen (secondary N) is 1. The van der Waals surface area contributed by atoms with Gasteiger partial charge in [0.15, 0.2) is 0 Å². The van der Waals surface area contributed by atoms with Gasteiger partial charge in [0.2, 0.25) is 11.8 Å². The van der Waals surface area contributed by atoms with Gasteiger partial charge in [-0.05, 0) is 24.1 Å². The molecule has 0 spiro atoms. The molecule has 25 heavy (non-hydrogen) atoms. The Balaban J connectivity index is 1.64. The Labute approximate surface area is 145 Å². The van der Waals surface area contributed by atoms with E-state index in [4.69, 9.17) is 4.74 Å². The molecular formula is C19H18N2O4. The molecule has 1 heterocycles. The van der Waals surface area contributed by atoms with E-state index in [0.29, 0.717) is 5.69 Å². The number of amides is 3. The van der Waals surface area contributed by atoms with E-state index in [0.717, 1.165) is 10.5 Å². The second-order valence-corrected chi connectivity index (χ2v) is 5.71. The van der Waals surface area contributed by atoms with Crippen LogP contribution in [0.1, 0.15) is 18.4 Å². The van der Waals surface area contributed by atoms with E-state index in [2.05, 4.69) is 5.32 Å². The lowest BCUT2D eigenvalue weighted by Crippen LogP contribution is -2.45. The van der Waals surface area contributed by atoms with Crippen molar-refractivity contribution in [3.63, 3.8) is 0 Å². The number of hydrogen-bond acceptors (Lipinski definition) is 4. The molecule has 2 aromatic carbocycles. The van der Waals surface area contributed by atoms with Crippen molar-refractivity contribution in [1.82, 2.24) is 4.90 Å². The van der Waals surface area contributed by atoms with Crippen molar-refractivity contribution >= 4 is 23.6 Å². The van der Waals surface area contributed by atoms with Crippen LogP contribution in [0.5, 0.6) is 0 Å². The summed E-state index contributed by atoms with van der Waals surface area (Å²) in [6.07, 6.45) is -0.356. The third-order valence-electron chi connectivity index (χ3n) is 3.96. The molecule has 1 aliphatic heterocycles. The molecule has 6 heteroatoms. The molecule has 3 rings (SSSR count). The lowest BCUT2D eigenvalue weighted by atomic mass is 10.2. The maximum atomic E-state index is 12.4. The molecular weight excluding hydrogens is 320 g/mol. The molecule has 0 radical (unpaired) electrons. The molecule has 2 aromatic rings. The largest absolute Gasteiger partial charge is 0.444 e. The molecule has 1 unspecified atom stereocenters. The van der Waals surface area contributed by atoms with Crippen LogP contribution < -0.4 is 5.32 Å². The fourth-order valence-corrected chi connectivity index (χ4v) is 2.70. The van der Waals surface area contributed by atoms with Gasteiger partial charge in [0, 0.05) is 12.1 Å². The minimum atomic E-state index is -0.851. The summed E-state index contributed by atoms with van der Waals surface area (Å²) >= 11 is 0. The second kappa shape index (κ2) is 7.61. The summed E-state index contributed by atoms with van der Waals surface area (Å²) in [5.74, 6) is -0.792. The predicted molar refractivity (Wildman–Crippen MR) is 91.6 cm³/mol. The van der Waals surface area contributed by atoms with Crippen molar-refractivity contribution in [2.45, 2.75) is 25.5 Å².